The molecule has 5 amide bonds. The van der Waals surface area contributed by atoms with Gasteiger partial charge in [0.25, 0.3) is 0 Å². The van der Waals surface area contributed by atoms with Gasteiger partial charge in [0.2, 0.25) is 23.6 Å². The summed E-state index contributed by atoms with van der Waals surface area (Å²) in [7, 11) is 6.77. The second-order valence-electron chi connectivity index (χ2n) is 20.4. The number of hydrogen-bond donors (Lipinski definition) is 3. The number of hydrogen-bond acceptors (Lipinski definition) is 11. The fourth-order valence-electron chi connectivity index (χ4n) is 9.60. The molecule has 1 aliphatic rings. The van der Waals surface area contributed by atoms with Crippen LogP contribution in [0.3, 0.4) is 0 Å². The number of ether oxygens (including phenoxy) is 3. The van der Waals surface area contributed by atoms with Crippen molar-refractivity contribution in [2.75, 3.05) is 40.2 Å². The van der Waals surface area contributed by atoms with Gasteiger partial charge in [0.1, 0.15) is 16.7 Å². The molecule has 8 unspecified atom stereocenters. The number of anilines is 1. The van der Waals surface area contributed by atoms with Gasteiger partial charge in [-0.25, -0.2) is 9.78 Å². The summed E-state index contributed by atoms with van der Waals surface area (Å²) >= 11 is 1.50. The van der Waals surface area contributed by atoms with Gasteiger partial charge in [-0.05, 0) is 88.1 Å². The van der Waals surface area contributed by atoms with Gasteiger partial charge in [0.15, 0.2) is 0 Å². The quantitative estimate of drug-likeness (QED) is 0.0797. The third-order valence-corrected chi connectivity index (χ3v) is 14.1. The Bertz CT molecular complexity index is 2100. The summed E-state index contributed by atoms with van der Waals surface area (Å²) in [6.07, 6.45) is 2.67. The molecule has 0 radical (unpaired) electrons. The van der Waals surface area contributed by atoms with Gasteiger partial charge in [0.05, 0.1) is 48.7 Å². The molecule has 1 saturated heterocycles. The number of thiazole rings is 1. The lowest BCUT2D eigenvalue weighted by Gasteiger charge is -2.41. The molecule has 2 heterocycles. The van der Waals surface area contributed by atoms with Crippen molar-refractivity contribution in [3.05, 3.63) is 82.3 Å². The second kappa shape index (κ2) is 26.3. The SMILES string of the molecule is CCC(C)C(C(CC(=O)N1CCCC1C(OC)C(C)C(=O)NC(Cc1ccccc1)c1nccs1)OC)N(C)C(=O)[C@@H](NC(=O)C(C(C)C)N(C)Cc1cccc(NC(=O)OC(C)(C)C)c1)C(C)C. The van der Waals surface area contributed by atoms with Crippen molar-refractivity contribution in [3.8, 4) is 0 Å². The molecule has 3 N–H and O–H groups in total. The summed E-state index contributed by atoms with van der Waals surface area (Å²) in [5.74, 6) is -1.89. The van der Waals surface area contributed by atoms with E-state index in [-0.39, 0.29) is 59.9 Å². The lowest BCUT2D eigenvalue weighted by molar-refractivity contribution is -0.148. The molecule has 0 aliphatic carbocycles. The second-order valence-corrected chi connectivity index (χ2v) is 21.3. The van der Waals surface area contributed by atoms with Crippen LogP contribution in [0.2, 0.25) is 0 Å². The summed E-state index contributed by atoms with van der Waals surface area (Å²) in [6, 6.07) is 14.8. The van der Waals surface area contributed by atoms with Crippen LogP contribution in [0.15, 0.2) is 66.2 Å². The number of carbonyl (C=O) groups excluding carboxylic acids is 5. The van der Waals surface area contributed by atoms with E-state index in [2.05, 4.69) is 20.9 Å². The standard InChI is InChI=1S/C53H81N7O8S/c1-15-35(6)46(59(12)51(64)44(33(2)3)57-49(63)45(34(4)5)58(11)32-38-23-19-24-39(29-38)55-52(65)68-53(8,9)10)42(66-13)31-43(61)60-27-20-25-41(60)47(67-14)36(7)48(62)56-40(50-54-26-28-69-50)30-37-21-17-16-18-22-37/h16-19,21-24,26,28-29,33-36,40-42,44-47H,15,20,25,27,30-32H2,1-14H3,(H,55,65)(H,56,62)(H,57,63)/t35?,36?,40?,41?,42?,44-,45?,46?,47?/m0/s1. The van der Waals surface area contributed by atoms with Gasteiger partial charge in [-0.15, -0.1) is 11.3 Å². The third kappa shape index (κ3) is 16.1. The molecular formula is C53H81N7O8S. The van der Waals surface area contributed by atoms with Gasteiger partial charge in [-0.1, -0.05) is 97.4 Å². The molecule has 0 saturated carbocycles. The smallest absolute Gasteiger partial charge is 0.412 e. The average molecular weight is 976 g/mol. The Morgan fingerprint density at radius 3 is 2.14 bits per heavy atom. The van der Waals surface area contributed by atoms with E-state index < -0.39 is 47.9 Å². The topological polar surface area (TPSA) is 172 Å². The Morgan fingerprint density at radius 2 is 1.57 bits per heavy atom. The Hall–Kier alpha value is -4.90. The number of likely N-dealkylation sites (tertiary alicyclic amines) is 1. The molecule has 16 heteroatoms. The first-order valence-corrected chi connectivity index (χ1v) is 25.4. The van der Waals surface area contributed by atoms with Crippen molar-refractivity contribution in [3.63, 3.8) is 0 Å². The van der Waals surface area contributed by atoms with Crippen molar-refractivity contribution in [1.82, 2.24) is 30.3 Å². The zero-order valence-electron chi connectivity index (χ0n) is 43.6. The number of amides is 5. The molecular weight excluding hydrogens is 895 g/mol. The van der Waals surface area contributed by atoms with Crippen LogP contribution in [0.1, 0.15) is 117 Å². The summed E-state index contributed by atoms with van der Waals surface area (Å²) < 4.78 is 17.6. The number of likely N-dealkylation sites (N-methyl/N-ethyl adjacent to an activating group) is 2. The molecule has 1 aromatic heterocycles. The van der Waals surface area contributed by atoms with Crippen LogP contribution < -0.4 is 16.0 Å². The number of rotatable bonds is 24. The summed E-state index contributed by atoms with van der Waals surface area (Å²) in [5, 5.41) is 11.9. The van der Waals surface area contributed by atoms with Crippen molar-refractivity contribution < 1.29 is 38.2 Å². The maximum atomic E-state index is 14.7. The average Bonchev–Trinajstić information content (AvgIpc) is 4.01. The predicted octanol–water partition coefficient (Wildman–Crippen LogP) is 8.11. The van der Waals surface area contributed by atoms with Crippen LogP contribution in [0.5, 0.6) is 0 Å². The van der Waals surface area contributed by atoms with E-state index >= 15 is 0 Å². The van der Waals surface area contributed by atoms with Crippen molar-refractivity contribution >= 4 is 46.7 Å². The van der Waals surface area contributed by atoms with Crippen molar-refractivity contribution in [2.45, 2.75) is 156 Å². The Kier molecular flexibility index (Phi) is 21.6. The highest BCUT2D eigenvalue weighted by molar-refractivity contribution is 7.09. The number of nitrogens with one attached hydrogen (secondary N) is 3. The fraction of sp³-hybridized carbons (Fsp3) is 0.623. The van der Waals surface area contributed by atoms with Crippen LogP contribution in [-0.4, -0.2) is 126 Å². The number of nitrogens with zero attached hydrogens (tertiary/aromatic N) is 4. The maximum absolute atomic E-state index is 14.7. The first kappa shape index (κ1) is 56.7. The summed E-state index contributed by atoms with van der Waals surface area (Å²) in [4.78, 5) is 80.0. The Balaban J connectivity index is 1.47. The maximum Gasteiger partial charge on any atom is 0.412 e. The van der Waals surface area contributed by atoms with Gasteiger partial charge in [0, 0.05) is 51.6 Å². The molecule has 2 aromatic carbocycles. The third-order valence-electron chi connectivity index (χ3n) is 13.2. The predicted molar refractivity (Wildman–Crippen MR) is 272 cm³/mol. The van der Waals surface area contributed by atoms with Crippen LogP contribution in [0.25, 0.3) is 0 Å². The highest BCUT2D eigenvalue weighted by atomic mass is 32.1. The first-order valence-electron chi connectivity index (χ1n) is 24.5. The number of benzene rings is 2. The molecule has 0 bridgehead atoms. The van der Waals surface area contributed by atoms with E-state index in [1.165, 1.54) is 11.3 Å². The molecule has 1 fully saturated rings. The van der Waals surface area contributed by atoms with Crippen LogP contribution in [0, 0.1) is 23.7 Å². The molecule has 0 spiro atoms. The van der Waals surface area contributed by atoms with Gasteiger partial charge >= 0.3 is 6.09 Å². The minimum atomic E-state index is -0.862. The number of carbonyl (C=O) groups is 5. The molecule has 3 aromatic rings. The lowest BCUT2D eigenvalue weighted by atomic mass is 9.89. The van der Waals surface area contributed by atoms with Crippen LogP contribution in [-0.2, 0) is 46.4 Å². The zero-order chi connectivity index (χ0) is 51.2. The van der Waals surface area contributed by atoms with Crippen molar-refractivity contribution in [2.24, 2.45) is 23.7 Å². The molecule has 9 atom stereocenters. The molecule has 15 nitrogen and oxygen atoms in total. The normalized spacial score (nSPS) is 17.6. The highest BCUT2D eigenvalue weighted by Crippen LogP contribution is 2.31. The monoisotopic (exact) mass is 976 g/mol. The fourth-order valence-corrected chi connectivity index (χ4v) is 10.3. The zero-order valence-corrected chi connectivity index (χ0v) is 44.4. The number of methoxy groups -OCH3 is 2. The molecule has 4 rings (SSSR count). The molecule has 69 heavy (non-hydrogen) atoms. The van der Waals surface area contributed by atoms with E-state index in [9.17, 15) is 24.0 Å². The summed E-state index contributed by atoms with van der Waals surface area (Å²) in [5.41, 5.74) is 1.89. The van der Waals surface area contributed by atoms with Gasteiger partial charge < -0.3 is 34.6 Å². The number of aromatic nitrogens is 1. The first-order chi connectivity index (χ1) is 32.6. The van der Waals surface area contributed by atoms with E-state index in [1.807, 2.05) is 119 Å². The van der Waals surface area contributed by atoms with E-state index in [1.54, 1.807) is 59.2 Å². The van der Waals surface area contributed by atoms with E-state index in [4.69, 9.17) is 14.2 Å². The van der Waals surface area contributed by atoms with Crippen LogP contribution >= 0.6 is 11.3 Å². The van der Waals surface area contributed by atoms with Crippen LogP contribution in [0.4, 0.5) is 10.5 Å². The minimum Gasteiger partial charge on any atom is -0.444 e. The Labute approximate surface area is 415 Å². The summed E-state index contributed by atoms with van der Waals surface area (Å²) in [6.45, 7) is 20.0. The van der Waals surface area contributed by atoms with Gasteiger partial charge in [-0.2, -0.15) is 0 Å². The lowest BCUT2D eigenvalue weighted by Crippen LogP contribution is -2.60. The molecule has 1 aliphatic heterocycles. The van der Waals surface area contributed by atoms with E-state index in [0.29, 0.717) is 38.0 Å². The minimum absolute atomic E-state index is 0.00719. The largest absolute Gasteiger partial charge is 0.444 e. The van der Waals surface area contributed by atoms with E-state index in [0.717, 1.165) is 22.6 Å². The highest BCUT2D eigenvalue weighted by Gasteiger charge is 2.43. The Morgan fingerprint density at radius 1 is 0.884 bits per heavy atom. The molecule has 382 valence electrons. The van der Waals surface area contributed by atoms with Crippen molar-refractivity contribution in [1.29, 1.82) is 0 Å². The van der Waals surface area contributed by atoms with Gasteiger partial charge in [-0.3, -0.25) is 29.4 Å².